The van der Waals surface area contributed by atoms with E-state index in [1.165, 1.54) is 12.8 Å². The number of hydrogen-bond donors (Lipinski definition) is 2. The van der Waals surface area contributed by atoms with Gasteiger partial charge in [-0.05, 0) is 61.4 Å². The van der Waals surface area contributed by atoms with Crippen LogP contribution < -0.4 is 20.1 Å². The molecule has 1 amide bonds. The highest BCUT2D eigenvalue weighted by molar-refractivity contribution is 5.76. The number of carbonyl (C=O) groups is 1. The Morgan fingerprint density at radius 2 is 2.00 bits per heavy atom. The van der Waals surface area contributed by atoms with Crippen LogP contribution >= 0.6 is 0 Å². The predicted octanol–water partition coefficient (Wildman–Crippen LogP) is 3.30. The molecule has 0 spiro atoms. The van der Waals surface area contributed by atoms with E-state index in [2.05, 4.69) is 31.4 Å². The summed E-state index contributed by atoms with van der Waals surface area (Å²) in [6.07, 6.45) is 3.01. The van der Waals surface area contributed by atoms with Crippen molar-refractivity contribution in [3.63, 3.8) is 0 Å². The minimum absolute atomic E-state index is 0.0185. The lowest BCUT2D eigenvalue weighted by atomic mass is 9.85. The summed E-state index contributed by atoms with van der Waals surface area (Å²) in [4.78, 5) is 12.7. The Hall–Kier alpha value is -1.75. The van der Waals surface area contributed by atoms with Gasteiger partial charge in [0.1, 0.15) is 13.2 Å². The normalized spacial score (nSPS) is 21.9. The number of benzene rings is 1. The molecule has 3 unspecified atom stereocenters. The molecule has 1 saturated heterocycles. The summed E-state index contributed by atoms with van der Waals surface area (Å²) in [5, 5.41) is 6.70. The van der Waals surface area contributed by atoms with Crippen LogP contribution in [0, 0.1) is 17.8 Å². The molecule has 0 aliphatic carbocycles. The van der Waals surface area contributed by atoms with Gasteiger partial charge in [0, 0.05) is 6.42 Å². The lowest BCUT2D eigenvalue weighted by Gasteiger charge is -2.29. The Balaban J connectivity index is 1.63. The molecule has 2 N–H and O–H groups in total. The van der Waals surface area contributed by atoms with Crippen LogP contribution in [0.3, 0.4) is 0 Å². The molecule has 5 nitrogen and oxygen atoms in total. The molecule has 1 aromatic carbocycles. The molecule has 0 saturated carbocycles. The van der Waals surface area contributed by atoms with Crippen molar-refractivity contribution in [1.82, 2.24) is 10.6 Å². The number of fused-ring (bicyclic) bond motifs is 1. The zero-order valence-electron chi connectivity index (χ0n) is 16.2. The van der Waals surface area contributed by atoms with Crippen molar-refractivity contribution in [3.05, 3.63) is 23.8 Å². The number of carbonyl (C=O) groups excluding carboxylic acids is 1. The van der Waals surface area contributed by atoms with Crippen LogP contribution in [-0.2, 0) is 4.79 Å². The lowest BCUT2D eigenvalue weighted by molar-refractivity contribution is -0.123. The van der Waals surface area contributed by atoms with E-state index in [4.69, 9.17) is 9.47 Å². The van der Waals surface area contributed by atoms with Crippen LogP contribution in [0.25, 0.3) is 0 Å². The maximum absolute atomic E-state index is 12.7. The van der Waals surface area contributed by atoms with Crippen LogP contribution in [-0.4, -0.2) is 32.2 Å². The monoisotopic (exact) mass is 360 g/mol. The van der Waals surface area contributed by atoms with E-state index < -0.39 is 0 Å². The maximum atomic E-state index is 12.7. The molecular formula is C21H32N2O3. The molecule has 2 aliphatic heterocycles. The van der Waals surface area contributed by atoms with Gasteiger partial charge < -0.3 is 20.1 Å². The van der Waals surface area contributed by atoms with Gasteiger partial charge >= 0.3 is 0 Å². The first-order valence-corrected chi connectivity index (χ1v) is 9.94. The average molecular weight is 360 g/mol. The molecule has 3 rings (SSSR count). The molecule has 5 heteroatoms. The zero-order valence-corrected chi connectivity index (χ0v) is 16.2. The molecule has 2 heterocycles. The van der Waals surface area contributed by atoms with Gasteiger partial charge in [0.05, 0.1) is 6.04 Å². The fraction of sp³-hybridized carbons (Fsp3) is 0.667. The topological polar surface area (TPSA) is 59.6 Å². The third kappa shape index (κ3) is 4.70. The van der Waals surface area contributed by atoms with Crippen molar-refractivity contribution in [2.75, 3.05) is 26.3 Å². The van der Waals surface area contributed by atoms with E-state index in [0.717, 1.165) is 30.2 Å². The maximum Gasteiger partial charge on any atom is 0.220 e. The Bertz CT molecular complexity index is 611. The molecule has 26 heavy (non-hydrogen) atoms. The van der Waals surface area contributed by atoms with Crippen LogP contribution in [0.4, 0.5) is 0 Å². The second-order valence-corrected chi connectivity index (χ2v) is 7.98. The average Bonchev–Trinajstić information content (AvgIpc) is 2.66. The minimum atomic E-state index is -0.0185. The molecule has 3 atom stereocenters. The number of piperidine rings is 1. The number of nitrogens with one attached hydrogen (secondary N) is 2. The molecular weight excluding hydrogens is 328 g/mol. The van der Waals surface area contributed by atoms with Gasteiger partial charge in [0.15, 0.2) is 11.5 Å². The predicted molar refractivity (Wildman–Crippen MR) is 103 cm³/mol. The van der Waals surface area contributed by atoms with Crippen LogP contribution in [0.1, 0.15) is 51.6 Å². The molecule has 1 aromatic rings. The fourth-order valence-corrected chi connectivity index (χ4v) is 3.94. The van der Waals surface area contributed by atoms with Gasteiger partial charge in [-0.2, -0.15) is 0 Å². The highest BCUT2D eigenvalue weighted by Gasteiger charge is 2.25. The summed E-state index contributed by atoms with van der Waals surface area (Å²) in [6, 6.07) is 5.97. The summed E-state index contributed by atoms with van der Waals surface area (Å²) >= 11 is 0. The third-order valence-electron chi connectivity index (χ3n) is 5.56. The largest absolute Gasteiger partial charge is 0.486 e. The number of amides is 1. The van der Waals surface area contributed by atoms with Gasteiger partial charge in [0.25, 0.3) is 0 Å². The van der Waals surface area contributed by atoms with Gasteiger partial charge in [-0.3, -0.25) is 4.79 Å². The molecule has 144 valence electrons. The van der Waals surface area contributed by atoms with E-state index in [1.54, 1.807) is 0 Å². The number of hydrogen-bond acceptors (Lipinski definition) is 4. The summed E-state index contributed by atoms with van der Waals surface area (Å²) in [5.41, 5.74) is 1.07. The van der Waals surface area contributed by atoms with Gasteiger partial charge in [0.2, 0.25) is 5.91 Å². The van der Waals surface area contributed by atoms with E-state index >= 15 is 0 Å². The van der Waals surface area contributed by atoms with Crippen LogP contribution in [0.2, 0.25) is 0 Å². The summed E-state index contributed by atoms with van der Waals surface area (Å²) < 4.78 is 11.3. The highest BCUT2D eigenvalue weighted by Crippen LogP contribution is 2.34. The quantitative estimate of drug-likeness (QED) is 0.817. The smallest absolute Gasteiger partial charge is 0.220 e. The van der Waals surface area contributed by atoms with E-state index in [-0.39, 0.29) is 11.9 Å². The molecule has 0 bridgehead atoms. The van der Waals surface area contributed by atoms with Crippen molar-refractivity contribution < 1.29 is 14.3 Å². The van der Waals surface area contributed by atoms with Crippen molar-refractivity contribution in [3.8, 4) is 11.5 Å². The van der Waals surface area contributed by atoms with Crippen molar-refractivity contribution in [2.45, 2.75) is 46.1 Å². The van der Waals surface area contributed by atoms with Crippen molar-refractivity contribution in [2.24, 2.45) is 17.8 Å². The summed E-state index contributed by atoms with van der Waals surface area (Å²) in [7, 11) is 0. The Morgan fingerprint density at radius 3 is 2.69 bits per heavy atom. The van der Waals surface area contributed by atoms with Gasteiger partial charge in [-0.1, -0.05) is 26.8 Å². The first-order chi connectivity index (χ1) is 12.5. The highest BCUT2D eigenvalue weighted by atomic mass is 16.6. The molecule has 1 fully saturated rings. The second kappa shape index (κ2) is 8.76. The standard InChI is InChI=1S/C21H32N2O3/c1-14(2)21(16-6-7-18-19(12-16)26-10-9-25-18)23-20(24)11-15(3)17-5-4-8-22-13-17/h6-7,12,14-15,17,21-22H,4-5,8-11,13H2,1-3H3,(H,23,24). The first kappa shape index (κ1) is 19.0. The third-order valence-corrected chi connectivity index (χ3v) is 5.56. The summed E-state index contributed by atoms with van der Waals surface area (Å²) in [5.74, 6) is 2.99. The summed E-state index contributed by atoms with van der Waals surface area (Å²) in [6.45, 7) is 9.77. The number of ether oxygens (including phenoxy) is 2. The Kier molecular flexibility index (Phi) is 6.41. The first-order valence-electron chi connectivity index (χ1n) is 9.94. The van der Waals surface area contributed by atoms with Crippen LogP contribution in [0.15, 0.2) is 18.2 Å². The van der Waals surface area contributed by atoms with E-state index in [0.29, 0.717) is 37.4 Å². The van der Waals surface area contributed by atoms with E-state index in [9.17, 15) is 4.79 Å². The van der Waals surface area contributed by atoms with Gasteiger partial charge in [-0.15, -0.1) is 0 Å². The minimum Gasteiger partial charge on any atom is -0.486 e. The second-order valence-electron chi connectivity index (χ2n) is 7.98. The fourth-order valence-electron chi connectivity index (χ4n) is 3.94. The molecule has 0 radical (unpaired) electrons. The SMILES string of the molecule is CC(C)C(NC(=O)CC(C)C1CCCNC1)c1ccc2c(c1)OCCO2. The molecule has 2 aliphatic rings. The Labute approximate surface area is 156 Å². The molecule has 0 aromatic heterocycles. The van der Waals surface area contributed by atoms with Crippen molar-refractivity contribution >= 4 is 5.91 Å². The zero-order chi connectivity index (χ0) is 18.5. The lowest BCUT2D eigenvalue weighted by Crippen LogP contribution is -2.37. The van der Waals surface area contributed by atoms with E-state index in [1.807, 2.05) is 18.2 Å². The van der Waals surface area contributed by atoms with Crippen LogP contribution in [0.5, 0.6) is 11.5 Å². The Morgan fingerprint density at radius 1 is 1.23 bits per heavy atom. The number of rotatable bonds is 6. The van der Waals surface area contributed by atoms with Gasteiger partial charge in [-0.25, -0.2) is 0 Å². The van der Waals surface area contributed by atoms with Crippen molar-refractivity contribution in [1.29, 1.82) is 0 Å².